The summed E-state index contributed by atoms with van der Waals surface area (Å²) in [6.45, 7) is 2.54. The molecule has 0 radical (unpaired) electrons. The van der Waals surface area contributed by atoms with Gasteiger partial charge in [-0.25, -0.2) is 0 Å². The molecule has 0 unspecified atom stereocenters. The van der Waals surface area contributed by atoms with E-state index in [0.29, 0.717) is 6.42 Å². The Morgan fingerprint density at radius 1 is 1.15 bits per heavy atom. The first-order chi connectivity index (χ1) is 6.08. The van der Waals surface area contributed by atoms with Crippen molar-refractivity contribution in [3.05, 3.63) is 0 Å². The van der Waals surface area contributed by atoms with E-state index >= 15 is 0 Å². The highest BCUT2D eigenvalue weighted by Crippen LogP contribution is 2.16. The maximum Gasteiger partial charge on any atom is 0.522 e. The molecule has 1 fully saturated rings. The highest BCUT2D eigenvalue weighted by Gasteiger charge is 2.28. The summed E-state index contributed by atoms with van der Waals surface area (Å²) >= 11 is 0. The molecule has 0 amide bonds. The average molecular weight is 197 g/mol. The van der Waals surface area contributed by atoms with Gasteiger partial charge >= 0.3 is 6.36 Å². The zero-order valence-electron chi connectivity index (χ0n) is 7.44. The lowest BCUT2D eigenvalue weighted by Gasteiger charge is -2.14. The van der Waals surface area contributed by atoms with Crippen molar-refractivity contribution in [2.75, 3.05) is 26.2 Å². The van der Waals surface area contributed by atoms with E-state index in [0.717, 1.165) is 19.6 Å². The molecule has 0 aromatic rings. The van der Waals surface area contributed by atoms with E-state index in [1.807, 2.05) is 0 Å². The van der Waals surface area contributed by atoms with E-state index in [1.54, 1.807) is 0 Å². The Morgan fingerprint density at radius 2 is 1.77 bits per heavy atom. The number of hydrogen-bond donors (Lipinski definition) is 0. The standard InChI is InChI=1S/C8H14F3NO/c9-8(10,11)13-7-3-6-12-4-1-2-5-12/h1-7H2. The minimum absolute atomic E-state index is 0.222. The van der Waals surface area contributed by atoms with Gasteiger partial charge in [0.15, 0.2) is 0 Å². The maximum absolute atomic E-state index is 11.5. The van der Waals surface area contributed by atoms with Crippen molar-refractivity contribution in [3.63, 3.8) is 0 Å². The van der Waals surface area contributed by atoms with Gasteiger partial charge in [-0.05, 0) is 32.4 Å². The molecule has 2 nitrogen and oxygen atoms in total. The van der Waals surface area contributed by atoms with E-state index in [1.165, 1.54) is 12.8 Å². The van der Waals surface area contributed by atoms with Crippen LogP contribution in [-0.4, -0.2) is 37.5 Å². The fraction of sp³-hybridized carbons (Fsp3) is 1.00. The second-order valence-electron chi connectivity index (χ2n) is 3.20. The molecule has 0 atom stereocenters. The molecule has 0 aromatic heterocycles. The Balaban J connectivity index is 1.94. The summed E-state index contributed by atoms with van der Waals surface area (Å²) in [5, 5.41) is 0. The van der Waals surface area contributed by atoms with E-state index < -0.39 is 6.36 Å². The lowest BCUT2D eigenvalue weighted by Crippen LogP contribution is -2.23. The third-order valence-corrected chi connectivity index (χ3v) is 2.08. The van der Waals surface area contributed by atoms with Gasteiger partial charge in [0.2, 0.25) is 0 Å². The molecule has 78 valence electrons. The number of hydrogen-bond acceptors (Lipinski definition) is 2. The summed E-state index contributed by atoms with van der Waals surface area (Å²) in [7, 11) is 0. The van der Waals surface area contributed by atoms with Crippen molar-refractivity contribution in [3.8, 4) is 0 Å². The summed E-state index contributed by atoms with van der Waals surface area (Å²) < 4.78 is 38.2. The van der Waals surface area contributed by atoms with Gasteiger partial charge in [0.1, 0.15) is 0 Å². The fourth-order valence-corrected chi connectivity index (χ4v) is 1.48. The molecule has 1 aliphatic heterocycles. The van der Waals surface area contributed by atoms with E-state index in [9.17, 15) is 13.2 Å². The Labute approximate surface area is 75.7 Å². The molecule has 1 rings (SSSR count). The largest absolute Gasteiger partial charge is 0.522 e. The minimum atomic E-state index is -4.47. The van der Waals surface area contributed by atoms with Crippen molar-refractivity contribution < 1.29 is 17.9 Å². The Hall–Kier alpha value is -0.290. The molecular weight excluding hydrogens is 183 g/mol. The maximum atomic E-state index is 11.5. The minimum Gasteiger partial charge on any atom is -0.303 e. The molecule has 0 aromatic carbocycles. The van der Waals surface area contributed by atoms with Crippen LogP contribution in [0.2, 0.25) is 0 Å². The smallest absolute Gasteiger partial charge is 0.303 e. The second-order valence-corrected chi connectivity index (χ2v) is 3.20. The van der Waals surface area contributed by atoms with Crippen LogP contribution in [0.15, 0.2) is 0 Å². The summed E-state index contributed by atoms with van der Waals surface area (Å²) in [5.74, 6) is 0. The lowest BCUT2D eigenvalue weighted by atomic mass is 10.4. The molecule has 1 saturated heterocycles. The molecular formula is C8H14F3NO. The first-order valence-corrected chi connectivity index (χ1v) is 4.51. The molecule has 0 spiro atoms. The van der Waals surface area contributed by atoms with Crippen LogP contribution in [0, 0.1) is 0 Å². The van der Waals surface area contributed by atoms with Crippen LogP contribution in [0.4, 0.5) is 13.2 Å². The second kappa shape index (κ2) is 4.81. The quantitative estimate of drug-likeness (QED) is 0.639. The number of nitrogens with zero attached hydrogens (tertiary/aromatic N) is 1. The zero-order chi connectivity index (χ0) is 9.73. The summed E-state index contributed by atoms with van der Waals surface area (Å²) in [6, 6.07) is 0. The van der Waals surface area contributed by atoms with Crippen LogP contribution in [0.25, 0.3) is 0 Å². The lowest BCUT2D eigenvalue weighted by molar-refractivity contribution is -0.324. The highest BCUT2D eigenvalue weighted by atomic mass is 19.4. The average Bonchev–Trinajstić information content (AvgIpc) is 2.48. The van der Waals surface area contributed by atoms with Gasteiger partial charge in [-0.15, -0.1) is 13.2 Å². The predicted molar refractivity (Wildman–Crippen MR) is 42.3 cm³/mol. The number of alkyl halides is 3. The number of rotatable bonds is 4. The molecule has 0 saturated carbocycles. The van der Waals surface area contributed by atoms with E-state index in [-0.39, 0.29) is 6.61 Å². The van der Waals surface area contributed by atoms with Gasteiger partial charge in [0, 0.05) is 6.54 Å². The van der Waals surface area contributed by atoms with Crippen molar-refractivity contribution in [1.29, 1.82) is 0 Å². The molecule has 13 heavy (non-hydrogen) atoms. The third-order valence-electron chi connectivity index (χ3n) is 2.08. The summed E-state index contributed by atoms with van der Waals surface area (Å²) in [4.78, 5) is 2.17. The van der Waals surface area contributed by atoms with E-state index in [4.69, 9.17) is 0 Å². The molecule has 5 heteroatoms. The molecule has 1 heterocycles. The number of likely N-dealkylation sites (tertiary alicyclic amines) is 1. The van der Waals surface area contributed by atoms with Crippen LogP contribution in [0.1, 0.15) is 19.3 Å². The van der Waals surface area contributed by atoms with Crippen molar-refractivity contribution in [1.82, 2.24) is 4.90 Å². The number of ether oxygens (including phenoxy) is 1. The summed E-state index contributed by atoms with van der Waals surface area (Å²) in [6.07, 6.45) is -1.68. The van der Waals surface area contributed by atoms with Gasteiger partial charge in [0.05, 0.1) is 6.61 Å². The normalized spacial score (nSPS) is 19.6. The molecule has 0 aliphatic carbocycles. The Morgan fingerprint density at radius 3 is 2.31 bits per heavy atom. The van der Waals surface area contributed by atoms with Crippen molar-refractivity contribution in [2.24, 2.45) is 0 Å². The highest BCUT2D eigenvalue weighted by molar-refractivity contribution is 4.65. The van der Waals surface area contributed by atoms with E-state index in [2.05, 4.69) is 9.64 Å². The number of halogens is 3. The summed E-state index contributed by atoms with van der Waals surface area (Å²) in [5.41, 5.74) is 0. The van der Waals surface area contributed by atoms with Crippen molar-refractivity contribution >= 4 is 0 Å². The van der Waals surface area contributed by atoms with Gasteiger partial charge in [-0.1, -0.05) is 0 Å². The van der Waals surface area contributed by atoms with Gasteiger partial charge in [-0.3, -0.25) is 4.74 Å². The van der Waals surface area contributed by atoms with Crippen LogP contribution < -0.4 is 0 Å². The van der Waals surface area contributed by atoms with Crippen LogP contribution in [-0.2, 0) is 4.74 Å². The van der Waals surface area contributed by atoms with Gasteiger partial charge < -0.3 is 4.90 Å². The molecule has 0 N–H and O–H groups in total. The predicted octanol–water partition coefficient (Wildman–Crippen LogP) is 2.01. The van der Waals surface area contributed by atoms with Crippen LogP contribution in [0.3, 0.4) is 0 Å². The molecule has 0 bridgehead atoms. The fourth-order valence-electron chi connectivity index (χ4n) is 1.48. The van der Waals surface area contributed by atoms with Gasteiger partial charge in [0.25, 0.3) is 0 Å². The molecule has 1 aliphatic rings. The van der Waals surface area contributed by atoms with Crippen LogP contribution in [0.5, 0.6) is 0 Å². The zero-order valence-corrected chi connectivity index (χ0v) is 7.44. The Kier molecular flexibility index (Phi) is 3.99. The Bertz CT molecular complexity index is 143. The SMILES string of the molecule is FC(F)(F)OCCCN1CCCC1. The third kappa shape index (κ3) is 5.10. The monoisotopic (exact) mass is 197 g/mol. The topological polar surface area (TPSA) is 12.5 Å². The first-order valence-electron chi connectivity index (χ1n) is 4.51. The van der Waals surface area contributed by atoms with Crippen molar-refractivity contribution in [2.45, 2.75) is 25.6 Å². The first kappa shape index (κ1) is 10.8. The van der Waals surface area contributed by atoms with Crippen LogP contribution >= 0.6 is 0 Å². The van der Waals surface area contributed by atoms with Gasteiger partial charge in [-0.2, -0.15) is 0 Å².